The third-order valence-corrected chi connectivity index (χ3v) is 4.29. The zero-order chi connectivity index (χ0) is 14.1. The lowest BCUT2D eigenvalue weighted by atomic mass is 10.1. The average molecular weight is 286 g/mol. The van der Waals surface area contributed by atoms with Gasteiger partial charge in [-0.25, -0.2) is 0 Å². The average Bonchev–Trinajstić information content (AvgIpc) is 3.25. The van der Waals surface area contributed by atoms with Crippen LogP contribution in [0.3, 0.4) is 0 Å². The van der Waals surface area contributed by atoms with E-state index in [2.05, 4.69) is 17.4 Å². The quantitative estimate of drug-likeness (QED) is 0.890. The molecule has 0 radical (unpaired) electrons. The summed E-state index contributed by atoms with van der Waals surface area (Å²) in [6, 6.07) is 15.8. The number of carbonyl (C=O) groups is 1. The number of carbonyl (C=O) groups excluding carboxylic acids is 1. The predicted molar refractivity (Wildman–Crippen MR) is 82.1 cm³/mol. The van der Waals surface area contributed by atoms with Crippen molar-refractivity contribution in [2.75, 3.05) is 5.32 Å². The van der Waals surface area contributed by atoms with Crippen LogP contribution in [0.4, 0.5) is 5.69 Å². The molecular formula is C17H16ClNO. The molecule has 1 amide bonds. The highest BCUT2D eigenvalue weighted by Gasteiger charge is 2.43. The smallest absolute Gasteiger partial charge is 0.228 e. The summed E-state index contributed by atoms with van der Waals surface area (Å²) >= 11 is 6.07. The third-order valence-electron chi connectivity index (χ3n) is 3.88. The van der Waals surface area contributed by atoms with Gasteiger partial charge in [-0.1, -0.05) is 48.0 Å². The Balaban J connectivity index is 1.69. The number of nitrogens with one attached hydrogen (secondary N) is 1. The second-order valence-corrected chi connectivity index (χ2v) is 5.67. The summed E-state index contributed by atoms with van der Waals surface area (Å²) in [5.74, 6) is 0.524. The molecule has 2 aromatic rings. The highest BCUT2D eigenvalue weighted by molar-refractivity contribution is 6.31. The van der Waals surface area contributed by atoms with Crippen LogP contribution in [0, 0.1) is 12.8 Å². The van der Waals surface area contributed by atoms with Gasteiger partial charge in [0.05, 0.1) is 0 Å². The van der Waals surface area contributed by atoms with E-state index in [0.29, 0.717) is 10.9 Å². The fourth-order valence-electron chi connectivity index (χ4n) is 2.52. The standard InChI is InChI=1S/C17H16ClNO/c1-11-15(18)8-5-9-16(11)19-17(20)14-10-13(14)12-6-3-2-4-7-12/h2-9,13-14H,10H2,1H3,(H,19,20)/t13-,14-/m1/s1. The van der Waals surface area contributed by atoms with Gasteiger partial charge >= 0.3 is 0 Å². The van der Waals surface area contributed by atoms with Crippen LogP contribution in [-0.4, -0.2) is 5.91 Å². The molecule has 0 heterocycles. The molecule has 1 saturated carbocycles. The Morgan fingerprint density at radius 2 is 1.90 bits per heavy atom. The third kappa shape index (κ3) is 2.56. The van der Waals surface area contributed by atoms with Gasteiger partial charge in [0.1, 0.15) is 0 Å². The van der Waals surface area contributed by atoms with Crippen LogP contribution in [-0.2, 0) is 4.79 Å². The minimum atomic E-state index is 0.0794. The van der Waals surface area contributed by atoms with Crippen LogP contribution < -0.4 is 5.32 Å². The molecule has 0 spiro atoms. The second-order valence-electron chi connectivity index (χ2n) is 5.26. The molecule has 2 aromatic carbocycles. The molecule has 1 N–H and O–H groups in total. The molecule has 1 aliphatic carbocycles. The second kappa shape index (κ2) is 5.29. The van der Waals surface area contributed by atoms with Crippen LogP contribution in [0.5, 0.6) is 0 Å². The molecule has 0 unspecified atom stereocenters. The number of rotatable bonds is 3. The largest absolute Gasteiger partial charge is 0.326 e. The molecule has 0 aromatic heterocycles. The molecular weight excluding hydrogens is 270 g/mol. The highest BCUT2D eigenvalue weighted by Crippen LogP contribution is 2.48. The zero-order valence-corrected chi connectivity index (χ0v) is 12.0. The maximum Gasteiger partial charge on any atom is 0.228 e. The van der Waals surface area contributed by atoms with E-state index in [1.165, 1.54) is 5.56 Å². The molecule has 1 aliphatic rings. The van der Waals surface area contributed by atoms with Crippen molar-refractivity contribution >= 4 is 23.2 Å². The van der Waals surface area contributed by atoms with Gasteiger partial charge in [0.15, 0.2) is 0 Å². The maximum absolute atomic E-state index is 12.3. The normalized spacial score (nSPS) is 20.5. The summed E-state index contributed by atoms with van der Waals surface area (Å²) in [5.41, 5.74) is 2.97. The molecule has 20 heavy (non-hydrogen) atoms. The van der Waals surface area contributed by atoms with Crippen LogP contribution >= 0.6 is 11.6 Å². The molecule has 1 fully saturated rings. The van der Waals surface area contributed by atoms with Crippen molar-refractivity contribution in [2.45, 2.75) is 19.3 Å². The first-order valence-electron chi connectivity index (χ1n) is 6.77. The van der Waals surface area contributed by atoms with Crippen molar-refractivity contribution in [2.24, 2.45) is 5.92 Å². The van der Waals surface area contributed by atoms with Crippen molar-refractivity contribution in [1.82, 2.24) is 0 Å². The first-order valence-corrected chi connectivity index (χ1v) is 7.15. The Bertz CT molecular complexity index is 639. The molecule has 2 atom stereocenters. The van der Waals surface area contributed by atoms with E-state index < -0.39 is 0 Å². The van der Waals surface area contributed by atoms with Gasteiger partial charge in [-0.15, -0.1) is 0 Å². The summed E-state index contributed by atoms with van der Waals surface area (Å²) in [4.78, 5) is 12.3. The Hall–Kier alpha value is -1.80. The van der Waals surface area contributed by atoms with E-state index in [-0.39, 0.29) is 11.8 Å². The Morgan fingerprint density at radius 3 is 2.65 bits per heavy atom. The molecule has 2 nitrogen and oxygen atoms in total. The van der Waals surface area contributed by atoms with E-state index in [0.717, 1.165) is 17.7 Å². The molecule has 0 aliphatic heterocycles. The fourth-order valence-corrected chi connectivity index (χ4v) is 2.70. The van der Waals surface area contributed by atoms with E-state index in [9.17, 15) is 4.79 Å². The van der Waals surface area contributed by atoms with E-state index in [4.69, 9.17) is 11.6 Å². The number of anilines is 1. The lowest BCUT2D eigenvalue weighted by Gasteiger charge is -2.09. The van der Waals surface area contributed by atoms with Gasteiger partial charge in [0, 0.05) is 16.6 Å². The lowest BCUT2D eigenvalue weighted by molar-refractivity contribution is -0.117. The summed E-state index contributed by atoms with van der Waals surface area (Å²) in [7, 11) is 0. The fraction of sp³-hybridized carbons (Fsp3) is 0.235. The van der Waals surface area contributed by atoms with Crippen molar-refractivity contribution < 1.29 is 4.79 Å². The number of hydrogen-bond donors (Lipinski definition) is 1. The number of benzene rings is 2. The number of hydrogen-bond acceptors (Lipinski definition) is 1. The van der Waals surface area contributed by atoms with Crippen LogP contribution in [0.1, 0.15) is 23.5 Å². The van der Waals surface area contributed by atoms with Crippen LogP contribution in [0.2, 0.25) is 5.02 Å². The van der Waals surface area contributed by atoms with Gasteiger partial charge < -0.3 is 5.32 Å². The van der Waals surface area contributed by atoms with Crippen molar-refractivity contribution in [3.05, 3.63) is 64.7 Å². The van der Waals surface area contributed by atoms with E-state index >= 15 is 0 Å². The van der Waals surface area contributed by atoms with Gasteiger partial charge in [-0.2, -0.15) is 0 Å². The molecule has 3 rings (SSSR count). The van der Waals surface area contributed by atoms with Crippen LogP contribution in [0.25, 0.3) is 0 Å². The van der Waals surface area contributed by atoms with Gasteiger partial charge in [0.25, 0.3) is 0 Å². The van der Waals surface area contributed by atoms with Crippen molar-refractivity contribution in [1.29, 1.82) is 0 Å². The first-order chi connectivity index (χ1) is 9.66. The Kier molecular flexibility index (Phi) is 3.49. The number of amides is 1. The molecule has 102 valence electrons. The number of halogens is 1. The Morgan fingerprint density at radius 1 is 1.15 bits per heavy atom. The van der Waals surface area contributed by atoms with Crippen molar-refractivity contribution in [3.8, 4) is 0 Å². The molecule has 0 bridgehead atoms. The van der Waals surface area contributed by atoms with E-state index in [1.807, 2.05) is 43.3 Å². The molecule has 3 heteroatoms. The topological polar surface area (TPSA) is 29.1 Å². The zero-order valence-electron chi connectivity index (χ0n) is 11.3. The highest BCUT2D eigenvalue weighted by atomic mass is 35.5. The first kappa shape index (κ1) is 13.2. The summed E-state index contributed by atoms with van der Waals surface area (Å²) in [6.45, 7) is 1.92. The van der Waals surface area contributed by atoms with Crippen molar-refractivity contribution in [3.63, 3.8) is 0 Å². The van der Waals surface area contributed by atoms with E-state index in [1.54, 1.807) is 0 Å². The maximum atomic E-state index is 12.3. The SMILES string of the molecule is Cc1c(Cl)cccc1NC(=O)[C@@H]1C[C@@H]1c1ccccc1. The van der Waals surface area contributed by atoms with Crippen LogP contribution in [0.15, 0.2) is 48.5 Å². The van der Waals surface area contributed by atoms with Gasteiger partial charge in [-0.05, 0) is 42.5 Å². The minimum Gasteiger partial charge on any atom is -0.326 e. The van der Waals surface area contributed by atoms with Gasteiger partial charge in [-0.3, -0.25) is 4.79 Å². The van der Waals surface area contributed by atoms with Gasteiger partial charge in [0.2, 0.25) is 5.91 Å². The summed E-state index contributed by atoms with van der Waals surface area (Å²) < 4.78 is 0. The summed E-state index contributed by atoms with van der Waals surface area (Å²) in [6.07, 6.45) is 0.926. The minimum absolute atomic E-state index is 0.0794. The molecule has 0 saturated heterocycles. The predicted octanol–water partition coefficient (Wildman–Crippen LogP) is 4.39. The summed E-state index contributed by atoms with van der Waals surface area (Å²) in [5, 5.41) is 3.67. The Labute approximate surface area is 123 Å². The monoisotopic (exact) mass is 285 g/mol. The lowest BCUT2D eigenvalue weighted by Crippen LogP contribution is -2.15.